The predicted octanol–water partition coefficient (Wildman–Crippen LogP) is 2.75. The summed E-state index contributed by atoms with van der Waals surface area (Å²) < 4.78 is 0. The van der Waals surface area contributed by atoms with Crippen LogP contribution in [0.3, 0.4) is 0 Å². The number of hydrogen-bond acceptors (Lipinski definition) is 1. The molecule has 1 heterocycles. The first-order valence-electron chi connectivity index (χ1n) is 6.74. The number of hydrogen-bond donors (Lipinski definition) is 1. The number of nitrogens with zero attached hydrogens (tertiary/aromatic N) is 1. The summed E-state index contributed by atoms with van der Waals surface area (Å²) in [6.45, 7) is 3.01. The summed E-state index contributed by atoms with van der Waals surface area (Å²) in [5.41, 5.74) is 5.37. The minimum absolute atomic E-state index is 0.241. The second-order valence-electron chi connectivity index (χ2n) is 5.56. The Bertz CT molecular complexity index is 248. The third-order valence-corrected chi connectivity index (χ3v) is 4.52. The van der Waals surface area contributed by atoms with Gasteiger partial charge in [0, 0.05) is 12.6 Å². The van der Waals surface area contributed by atoms with Gasteiger partial charge in [0.2, 0.25) is 0 Å². The summed E-state index contributed by atoms with van der Waals surface area (Å²) >= 11 is 0. The van der Waals surface area contributed by atoms with Crippen LogP contribution in [0.4, 0.5) is 4.79 Å². The maximum atomic E-state index is 11.2. The molecule has 0 aromatic carbocycles. The highest BCUT2D eigenvalue weighted by molar-refractivity contribution is 5.72. The molecule has 2 aliphatic rings. The quantitative estimate of drug-likeness (QED) is 0.731. The lowest BCUT2D eigenvalue weighted by molar-refractivity contribution is 0.104. The highest BCUT2D eigenvalue weighted by Crippen LogP contribution is 2.37. The van der Waals surface area contributed by atoms with E-state index in [9.17, 15) is 4.79 Å². The zero-order valence-electron chi connectivity index (χ0n) is 10.3. The van der Waals surface area contributed by atoms with E-state index < -0.39 is 0 Å². The number of carbonyl (C=O) groups excluding carboxylic acids is 1. The van der Waals surface area contributed by atoms with E-state index in [-0.39, 0.29) is 6.03 Å². The molecule has 2 atom stereocenters. The van der Waals surface area contributed by atoms with Crippen LogP contribution in [0.2, 0.25) is 0 Å². The van der Waals surface area contributed by atoms with Gasteiger partial charge in [-0.15, -0.1) is 0 Å². The molecular formula is C13H24N2O. The SMILES string of the molecule is CC1CC(C2CCCCC2)CCN1C(N)=O. The lowest BCUT2D eigenvalue weighted by Crippen LogP contribution is -2.48. The fraction of sp³-hybridized carbons (Fsp3) is 0.923. The smallest absolute Gasteiger partial charge is 0.315 e. The average molecular weight is 224 g/mol. The van der Waals surface area contributed by atoms with E-state index in [1.807, 2.05) is 4.90 Å². The van der Waals surface area contributed by atoms with Gasteiger partial charge >= 0.3 is 6.03 Å². The van der Waals surface area contributed by atoms with Crippen molar-refractivity contribution in [2.45, 2.75) is 57.9 Å². The molecule has 0 radical (unpaired) electrons. The van der Waals surface area contributed by atoms with Crippen LogP contribution in [-0.2, 0) is 0 Å². The number of nitrogens with two attached hydrogens (primary N) is 1. The van der Waals surface area contributed by atoms with Gasteiger partial charge in [0.15, 0.2) is 0 Å². The Morgan fingerprint density at radius 2 is 1.81 bits per heavy atom. The molecule has 1 saturated heterocycles. The van der Waals surface area contributed by atoms with Gasteiger partial charge < -0.3 is 10.6 Å². The topological polar surface area (TPSA) is 46.3 Å². The molecule has 2 rings (SSSR count). The van der Waals surface area contributed by atoms with Crippen molar-refractivity contribution >= 4 is 6.03 Å². The summed E-state index contributed by atoms with van der Waals surface area (Å²) in [4.78, 5) is 13.0. The standard InChI is InChI=1S/C13H24N2O/c1-10-9-12(7-8-15(10)13(14)16)11-5-3-2-4-6-11/h10-12H,2-9H2,1H3,(H2,14,16). The second kappa shape index (κ2) is 5.07. The van der Waals surface area contributed by atoms with Gasteiger partial charge in [0.25, 0.3) is 0 Å². The monoisotopic (exact) mass is 224 g/mol. The second-order valence-corrected chi connectivity index (χ2v) is 5.56. The van der Waals surface area contributed by atoms with Crippen LogP contribution in [0, 0.1) is 11.8 Å². The fourth-order valence-electron chi connectivity index (χ4n) is 3.57. The van der Waals surface area contributed by atoms with Crippen molar-refractivity contribution in [1.29, 1.82) is 0 Å². The average Bonchev–Trinajstić information content (AvgIpc) is 2.29. The Morgan fingerprint density at radius 1 is 1.12 bits per heavy atom. The summed E-state index contributed by atoms with van der Waals surface area (Å²) in [6.07, 6.45) is 9.39. The highest BCUT2D eigenvalue weighted by Gasteiger charge is 2.32. The van der Waals surface area contributed by atoms with Crippen molar-refractivity contribution in [3.8, 4) is 0 Å². The van der Waals surface area contributed by atoms with Crippen LogP contribution in [0.25, 0.3) is 0 Å². The van der Waals surface area contributed by atoms with E-state index in [4.69, 9.17) is 5.73 Å². The predicted molar refractivity (Wildman–Crippen MR) is 65.1 cm³/mol. The van der Waals surface area contributed by atoms with Crippen molar-refractivity contribution in [1.82, 2.24) is 4.90 Å². The molecule has 2 amide bonds. The number of primary amides is 1. The Kier molecular flexibility index (Phi) is 3.72. The Balaban J connectivity index is 1.88. The maximum absolute atomic E-state index is 11.2. The first-order chi connectivity index (χ1) is 7.68. The molecule has 3 heteroatoms. The molecule has 92 valence electrons. The molecular weight excluding hydrogens is 200 g/mol. The molecule has 1 aliphatic carbocycles. The van der Waals surface area contributed by atoms with Gasteiger partial charge in [0.1, 0.15) is 0 Å². The number of likely N-dealkylation sites (tertiary alicyclic amines) is 1. The van der Waals surface area contributed by atoms with Gasteiger partial charge in [-0.1, -0.05) is 32.1 Å². The molecule has 2 N–H and O–H groups in total. The molecule has 2 unspecified atom stereocenters. The van der Waals surface area contributed by atoms with Gasteiger partial charge in [-0.2, -0.15) is 0 Å². The minimum atomic E-state index is -0.241. The molecule has 1 saturated carbocycles. The van der Waals surface area contributed by atoms with E-state index in [0.717, 1.165) is 31.2 Å². The van der Waals surface area contributed by atoms with Gasteiger partial charge in [-0.3, -0.25) is 0 Å². The maximum Gasteiger partial charge on any atom is 0.315 e. The Labute approximate surface area is 98.4 Å². The van der Waals surface area contributed by atoms with Crippen molar-refractivity contribution in [3.05, 3.63) is 0 Å². The van der Waals surface area contributed by atoms with E-state index in [1.165, 1.54) is 32.1 Å². The zero-order chi connectivity index (χ0) is 11.5. The number of piperidine rings is 1. The molecule has 0 aromatic heterocycles. The highest BCUT2D eigenvalue weighted by atomic mass is 16.2. The largest absolute Gasteiger partial charge is 0.351 e. The summed E-state index contributed by atoms with van der Waals surface area (Å²) in [5.74, 6) is 1.76. The van der Waals surface area contributed by atoms with Gasteiger partial charge in [-0.25, -0.2) is 4.79 Å². The molecule has 0 aromatic rings. The molecule has 16 heavy (non-hydrogen) atoms. The van der Waals surface area contributed by atoms with Crippen LogP contribution in [0.1, 0.15) is 51.9 Å². The molecule has 2 fully saturated rings. The van der Waals surface area contributed by atoms with Crippen LogP contribution in [0.5, 0.6) is 0 Å². The van der Waals surface area contributed by atoms with Crippen LogP contribution in [-0.4, -0.2) is 23.5 Å². The van der Waals surface area contributed by atoms with Crippen molar-refractivity contribution in [3.63, 3.8) is 0 Å². The number of amides is 2. The molecule has 0 bridgehead atoms. The van der Waals surface area contributed by atoms with Gasteiger partial charge in [-0.05, 0) is 31.6 Å². The minimum Gasteiger partial charge on any atom is -0.351 e. The van der Waals surface area contributed by atoms with Crippen molar-refractivity contribution < 1.29 is 4.79 Å². The molecule has 0 spiro atoms. The molecule has 3 nitrogen and oxygen atoms in total. The number of rotatable bonds is 1. The van der Waals surface area contributed by atoms with E-state index >= 15 is 0 Å². The molecule has 1 aliphatic heterocycles. The lowest BCUT2D eigenvalue weighted by atomic mass is 9.74. The summed E-state index contributed by atoms with van der Waals surface area (Å²) in [5, 5.41) is 0. The number of carbonyl (C=O) groups is 1. The Morgan fingerprint density at radius 3 is 2.38 bits per heavy atom. The van der Waals surface area contributed by atoms with E-state index in [1.54, 1.807) is 0 Å². The van der Waals surface area contributed by atoms with E-state index in [2.05, 4.69) is 6.92 Å². The van der Waals surface area contributed by atoms with Crippen LogP contribution < -0.4 is 5.73 Å². The van der Waals surface area contributed by atoms with Crippen molar-refractivity contribution in [2.24, 2.45) is 17.6 Å². The Hall–Kier alpha value is -0.730. The third-order valence-electron chi connectivity index (χ3n) is 4.52. The zero-order valence-corrected chi connectivity index (χ0v) is 10.3. The van der Waals surface area contributed by atoms with Crippen LogP contribution in [0.15, 0.2) is 0 Å². The van der Waals surface area contributed by atoms with Crippen LogP contribution >= 0.6 is 0 Å². The first-order valence-corrected chi connectivity index (χ1v) is 6.74. The normalized spacial score (nSPS) is 32.7. The van der Waals surface area contributed by atoms with Crippen molar-refractivity contribution in [2.75, 3.05) is 6.54 Å². The van der Waals surface area contributed by atoms with Gasteiger partial charge in [0.05, 0.1) is 0 Å². The third kappa shape index (κ3) is 2.50. The lowest BCUT2D eigenvalue weighted by Gasteiger charge is -2.41. The fourth-order valence-corrected chi connectivity index (χ4v) is 3.57. The summed E-state index contributed by atoms with van der Waals surface area (Å²) in [7, 11) is 0. The number of urea groups is 1. The summed E-state index contributed by atoms with van der Waals surface area (Å²) in [6, 6.07) is 0.104. The first kappa shape index (κ1) is 11.7. The van der Waals surface area contributed by atoms with E-state index in [0.29, 0.717) is 6.04 Å².